The molecular formula is C23H28N2O3S. The number of nitrogens with one attached hydrogen (secondary N) is 1. The number of hydrogen-bond donors (Lipinski definition) is 1. The van der Waals surface area contributed by atoms with Gasteiger partial charge in [-0.1, -0.05) is 12.1 Å². The molecule has 1 N–H and O–H groups in total. The summed E-state index contributed by atoms with van der Waals surface area (Å²) in [6.45, 7) is 0. The summed E-state index contributed by atoms with van der Waals surface area (Å²) >= 11 is 1.63. The van der Waals surface area contributed by atoms with Gasteiger partial charge in [-0.3, -0.25) is 19.3 Å². The average molecular weight is 413 g/mol. The van der Waals surface area contributed by atoms with Gasteiger partial charge >= 0.3 is 0 Å². The Morgan fingerprint density at radius 1 is 1.03 bits per heavy atom. The van der Waals surface area contributed by atoms with E-state index in [0.29, 0.717) is 29.4 Å². The van der Waals surface area contributed by atoms with Crippen LogP contribution in [0, 0.1) is 23.7 Å². The van der Waals surface area contributed by atoms with Gasteiger partial charge in [-0.2, -0.15) is 11.8 Å². The van der Waals surface area contributed by atoms with Crippen LogP contribution >= 0.6 is 11.8 Å². The van der Waals surface area contributed by atoms with Crippen molar-refractivity contribution in [3.8, 4) is 0 Å². The van der Waals surface area contributed by atoms with Crippen molar-refractivity contribution in [2.24, 2.45) is 23.7 Å². The zero-order valence-electron chi connectivity index (χ0n) is 16.8. The lowest BCUT2D eigenvalue weighted by atomic mass is 9.54. The number of carbonyl (C=O) groups is 3. The second-order valence-electron chi connectivity index (χ2n) is 9.29. The largest absolute Gasteiger partial charge is 0.351 e. The molecule has 5 nitrogen and oxygen atoms in total. The predicted molar refractivity (Wildman–Crippen MR) is 113 cm³/mol. The highest BCUT2D eigenvalue weighted by molar-refractivity contribution is 7.98. The molecule has 1 unspecified atom stereocenters. The third-order valence-corrected chi connectivity index (χ3v) is 8.21. The second-order valence-corrected chi connectivity index (χ2v) is 10.3. The van der Waals surface area contributed by atoms with Crippen LogP contribution in [0.3, 0.4) is 0 Å². The van der Waals surface area contributed by atoms with E-state index in [4.69, 9.17) is 0 Å². The molecule has 0 spiro atoms. The molecule has 1 aliphatic heterocycles. The summed E-state index contributed by atoms with van der Waals surface area (Å²) in [6, 6.07) is 6.36. The number of nitrogens with zero attached hydrogens (tertiary/aromatic N) is 1. The monoisotopic (exact) mass is 412 g/mol. The van der Waals surface area contributed by atoms with E-state index >= 15 is 0 Å². The van der Waals surface area contributed by atoms with E-state index in [-0.39, 0.29) is 23.8 Å². The topological polar surface area (TPSA) is 66.5 Å². The Morgan fingerprint density at radius 2 is 1.59 bits per heavy atom. The van der Waals surface area contributed by atoms with Crippen LogP contribution < -0.4 is 5.32 Å². The van der Waals surface area contributed by atoms with Crippen LogP contribution in [0.15, 0.2) is 24.3 Å². The molecule has 29 heavy (non-hydrogen) atoms. The molecule has 3 amide bonds. The molecule has 4 aliphatic carbocycles. The van der Waals surface area contributed by atoms with Crippen molar-refractivity contribution in [3.05, 3.63) is 35.4 Å². The number of thioether (sulfide) groups is 1. The van der Waals surface area contributed by atoms with E-state index in [2.05, 4.69) is 5.32 Å². The average Bonchev–Trinajstić information content (AvgIpc) is 2.96. The number of carbonyl (C=O) groups excluding carboxylic acids is 3. The fourth-order valence-electron chi connectivity index (χ4n) is 6.52. The van der Waals surface area contributed by atoms with Gasteiger partial charge in [0.2, 0.25) is 5.91 Å². The highest BCUT2D eigenvalue weighted by atomic mass is 32.2. The zero-order valence-corrected chi connectivity index (χ0v) is 17.6. The number of imide groups is 1. The van der Waals surface area contributed by atoms with Crippen molar-refractivity contribution in [1.29, 1.82) is 0 Å². The smallest absolute Gasteiger partial charge is 0.262 e. The minimum Gasteiger partial charge on any atom is -0.351 e. The van der Waals surface area contributed by atoms with Crippen LogP contribution in [-0.4, -0.2) is 46.7 Å². The van der Waals surface area contributed by atoms with Gasteiger partial charge in [-0.05, 0) is 86.3 Å². The van der Waals surface area contributed by atoms with E-state index < -0.39 is 6.04 Å². The van der Waals surface area contributed by atoms with Gasteiger partial charge in [-0.15, -0.1) is 0 Å². The van der Waals surface area contributed by atoms with Crippen LogP contribution in [0.5, 0.6) is 0 Å². The van der Waals surface area contributed by atoms with Crippen LogP contribution in [-0.2, 0) is 4.79 Å². The lowest BCUT2D eigenvalue weighted by Gasteiger charge is -2.54. The molecule has 0 aromatic heterocycles. The first kappa shape index (κ1) is 19.2. The van der Waals surface area contributed by atoms with Crippen LogP contribution in [0.25, 0.3) is 0 Å². The molecular weight excluding hydrogens is 384 g/mol. The molecule has 0 saturated heterocycles. The van der Waals surface area contributed by atoms with Crippen molar-refractivity contribution in [2.45, 2.75) is 50.6 Å². The molecule has 0 radical (unpaired) electrons. The Balaban J connectivity index is 1.37. The van der Waals surface area contributed by atoms with Gasteiger partial charge in [0.25, 0.3) is 11.8 Å². The Kier molecular flexibility index (Phi) is 4.93. The molecule has 1 heterocycles. The second kappa shape index (κ2) is 7.46. The molecule has 1 aromatic carbocycles. The first-order chi connectivity index (χ1) is 14.1. The summed E-state index contributed by atoms with van der Waals surface area (Å²) in [5, 5.41) is 3.32. The highest BCUT2D eigenvalue weighted by Crippen LogP contribution is 2.53. The number of rotatable bonds is 6. The maximum atomic E-state index is 13.4. The molecule has 4 fully saturated rings. The minimum absolute atomic E-state index is 0.147. The van der Waals surface area contributed by atoms with Crippen molar-refractivity contribution >= 4 is 29.5 Å². The van der Waals surface area contributed by atoms with Crippen molar-refractivity contribution < 1.29 is 14.4 Å². The lowest BCUT2D eigenvalue weighted by molar-refractivity contribution is -0.129. The number of benzene rings is 1. The van der Waals surface area contributed by atoms with Gasteiger partial charge in [0.1, 0.15) is 6.04 Å². The fraction of sp³-hybridized carbons (Fsp3) is 0.609. The third kappa shape index (κ3) is 3.20. The lowest BCUT2D eigenvalue weighted by Crippen LogP contribution is -2.59. The highest BCUT2D eigenvalue weighted by Gasteiger charge is 2.50. The van der Waals surface area contributed by atoms with Gasteiger partial charge in [-0.25, -0.2) is 0 Å². The minimum atomic E-state index is -0.730. The van der Waals surface area contributed by atoms with Crippen molar-refractivity contribution in [2.75, 3.05) is 12.0 Å². The maximum Gasteiger partial charge on any atom is 0.262 e. The standard InChI is InChI=1S/C23H28N2O3S/c1-29-7-6-19(25-22(27)17-4-2-3-5-18(17)23(25)28)21(26)24-20-15-9-13-8-14(11-15)12-16(20)10-13/h2-5,13-16,19-20H,6-12H2,1H3,(H,24,26). The van der Waals surface area contributed by atoms with Crippen molar-refractivity contribution in [3.63, 3.8) is 0 Å². The molecule has 154 valence electrons. The third-order valence-electron chi connectivity index (χ3n) is 7.57. The molecule has 5 aliphatic rings. The summed E-state index contributed by atoms with van der Waals surface area (Å²) in [7, 11) is 0. The first-order valence-corrected chi connectivity index (χ1v) is 12.2. The number of hydrogen-bond acceptors (Lipinski definition) is 4. The van der Waals surface area contributed by atoms with Gasteiger partial charge in [0.15, 0.2) is 0 Å². The quantitative estimate of drug-likeness (QED) is 0.728. The SMILES string of the molecule is CSCCC(C(=O)NC1C2CC3CC(C2)CC1C3)N1C(=O)c2ccccc2C1=O. The predicted octanol–water partition coefficient (Wildman–Crippen LogP) is 3.35. The van der Waals surface area contributed by atoms with E-state index in [1.807, 2.05) is 6.26 Å². The van der Waals surface area contributed by atoms with E-state index in [9.17, 15) is 14.4 Å². The molecule has 4 bridgehead atoms. The van der Waals surface area contributed by atoms with Gasteiger partial charge in [0, 0.05) is 6.04 Å². The zero-order chi connectivity index (χ0) is 20.1. The Morgan fingerprint density at radius 3 is 2.10 bits per heavy atom. The maximum absolute atomic E-state index is 13.4. The van der Waals surface area contributed by atoms with E-state index in [0.717, 1.165) is 17.6 Å². The molecule has 6 heteroatoms. The van der Waals surface area contributed by atoms with Crippen LogP contribution in [0.4, 0.5) is 0 Å². The normalized spacial score (nSPS) is 33.1. The summed E-state index contributed by atoms with van der Waals surface area (Å²) in [5.41, 5.74) is 0.822. The van der Waals surface area contributed by atoms with Gasteiger partial charge < -0.3 is 5.32 Å². The van der Waals surface area contributed by atoms with Crippen LogP contribution in [0.1, 0.15) is 59.2 Å². The summed E-state index contributed by atoms with van der Waals surface area (Å²) in [6.07, 6.45) is 8.74. The van der Waals surface area contributed by atoms with Crippen molar-refractivity contribution in [1.82, 2.24) is 10.2 Å². The Labute approximate surface area is 176 Å². The summed E-state index contributed by atoms with van der Waals surface area (Å²) < 4.78 is 0. The fourth-order valence-corrected chi connectivity index (χ4v) is 6.98. The van der Waals surface area contributed by atoms with Crippen LogP contribution in [0.2, 0.25) is 0 Å². The Bertz CT molecular complexity index is 791. The molecule has 6 rings (SSSR count). The number of fused-ring (bicyclic) bond motifs is 1. The summed E-state index contributed by atoms with van der Waals surface area (Å²) in [5.74, 6) is 2.73. The Hall–Kier alpha value is -1.82. The number of amides is 3. The first-order valence-electron chi connectivity index (χ1n) is 10.8. The van der Waals surface area contributed by atoms with E-state index in [1.54, 1.807) is 36.0 Å². The molecule has 1 aromatic rings. The summed E-state index contributed by atoms with van der Waals surface area (Å²) in [4.78, 5) is 40.6. The van der Waals surface area contributed by atoms with E-state index in [1.165, 1.54) is 37.0 Å². The molecule has 4 saturated carbocycles. The van der Waals surface area contributed by atoms with Gasteiger partial charge in [0.05, 0.1) is 11.1 Å². The molecule has 1 atom stereocenters.